The van der Waals surface area contributed by atoms with Crippen LogP contribution in [0.4, 0.5) is 10.5 Å². The normalized spacial score (nSPS) is 14.0. The van der Waals surface area contributed by atoms with Crippen LogP contribution in [-0.2, 0) is 11.3 Å². The fourth-order valence-corrected chi connectivity index (χ4v) is 2.88. The molecular weight excluding hydrogens is 320 g/mol. The molecule has 1 aromatic carbocycles. The van der Waals surface area contributed by atoms with Crippen molar-refractivity contribution in [1.29, 1.82) is 0 Å². The summed E-state index contributed by atoms with van der Waals surface area (Å²) < 4.78 is 7.31. The third-order valence-corrected chi connectivity index (χ3v) is 4.16. The molecule has 1 N–H and O–H groups in total. The van der Waals surface area contributed by atoms with Crippen LogP contribution in [0.3, 0.4) is 0 Å². The summed E-state index contributed by atoms with van der Waals surface area (Å²) in [7, 11) is 1.58. The van der Waals surface area contributed by atoms with Crippen molar-refractivity contribution >= 4 is 17.6 Å². The standard InChI is InChI=1S/C18H22N4O3/c1-25-16-7-3-2-6-15(16)22-13-12-21(18(22)24)14-17(23)19-8-11-20-9-4-5-10-20/h2-7,9-10H,8,11-14H2,1H3,(H,19,23). The van der Waals surface area contributed by atoms with E-state index >= 15 is 0 Å². The SMILES string of the molecule is COc1ccccc1N1CCN(CC(=O)NCCn2cccc2)C1=O. The van der Waals surface area contributed by atoms with Gasteiger partial charge in [-0.2, -0.15) is 0 Å². The molecule has 2 aromatic rings. The molecule has 0 atom stereocenters. The van der Waals surface area contributed by atoms with Crippen LogP contribution in [0.5, 0.6) is 5.75 Å². The van der Waals surface area contributed by atoms with Crippen LogP contribution in [0.25, 0.3) is 0 Å². The van der Waals surface area contributed by atoms with E-state index in [1.54, 1.807) is 16.9 Å². The van der Waals surface area contributed by atoms with Crippen molar-refractivity contribution in [3.8, 4) is 5.75 Å². The van der Waals surface area contributed by atoms with E-state index in [-0.39, 0.29) is 18.5 Å². The maximum Gasteiger partial charge on any atom is 0.325 e. The number of benzene rings is 1. The summed E-state index contributed by atoms with van der Waals surface area (Å²) in [6, 6.07) is 11.1. The van der Waals surface area contributed by atoms with Gasteiger partial charge in [-0.3, -0.25) is 9.69 Å². The molecule has 1 aliphatic heterocycles. The van der Waals surface area contributed by atoms with Crippen LogP contribution < -0.4 is 15.0 Å². The minimum absolute atomic E-state index is 0.0656. The molecule has 0 unspecified atom stereocenters. The van der Waals surface area contributed by atoms with Crippen LogP contribution >= 0.6 is 0 Å². The summed E-state index contributed by atoms with van der Waals surface area (Å²) in [5.41, 5.74) is 0.727. The van der Waals surface area contributed by atoms with Crippen LogP contribution in [0, 0.1) is 0 Å². The Morgan fingerprint density at radius 1 is 1.16 bits per heavy atom. The highest BCUT2D eigenvalue weighted by Crippen LogP contribution is 2.30. The van der Waals surface area contributed by atoms with Gasteiger partial charge >= 0.3 is 6.03 Å². The Labute approximate surface area is 146 Å². The lowest BCUT2D eigenvalue weighted by atomic mass is 10.2. The Bertz CT molecular complexity index is 730. The summed E-state index contributed by atoms with van der Waals surface area (Å²) in [4.78, 5) is 27.9. The van der Waals surface area contributed by atoms with Gasteiger partial charge in [0.25, 0.3) is 0 Å². The fourth-order valence-electron chi connectivity index (χ4n) is 2.88. The zero-order chi connectivity index (χ0) is 17.6. The number of ether oxygens (including phenoxy) is 1. The van der Waals surface area contributed by atoms with E-state index < -0.39 is 0 Å². The van der Waals surface area contributed by atoms with E-state index in [1.165, 1.54) is 0 Å². The van der Waals surface area contributed by atoms with Crippen molar-refractivity contribution in [2.75, 3.05) is 38.2 Å². The highest BCUT2D eigenvalue weighted by Gasteiger charge is 2.32. The number of anilines is 1. The first kappa shape index (κ1) is 16.9. The number of hydrogen-bond acceptors (Lipinski definition) is 3. The molecule has 7 nitrogen and oxygen atoms in total. The maximum atomic E-state index is 12.6. The fraction of sp³-hybridized carbons (Fsp3) is 0.333. The monoisotopic (exact) mass is 342 g/mol. The number of nitrogens with zero attached hydrogens (tertiary/aromatic N) is 3. The lowest BCUT2D eigenvalue weighted by molar-refractivity contribution is -0.121. The first-order valence-corrected chi connectivity index (χ1v) is 8.26. The Hall–Kier alpha value is -2.96. The second-order valence-corrected chi connectivity index (χ2v) is 5.80. The smallest absolute Gasteiger partial charge is 0.325 e. The summed E-state index contributed by atoms with van der Waals surface area (Å²) in [5.74, 6) is 0.497. The molecule has 1 aliphatic rings. The Kier molecular flexibility index (Phi) is 5.23. The summed E-state index contributed by atoms with van der Waals surface area (Å²) in [6.45, 7) is 2.36. The number of urea groups is 1. The molecule has 0 radical (unpaired) electrons. The second kappa shape index (κ2) is 7.74. The summed E-state index contributed by atoms with van der Waals surface area (Å²) in [5, 5.41) is 2.85. The molecule has 1 fully saturated rings. The molecule has 0 bridgehead atoms. The molecule has 0 spiro atoms. The molecule has 3 rings (SSSR count). The number of para-hydroxylation sites is 2. The predicted molar refractivity (Wildman–Crippen MR) is 94.8 cm³/mol. The predicted octanol–water partition coefficient (Wildman–Crippen LogP) is 1.56. The van der Waals surface area contributed by atoms with Crippen molar-refractivity contribution in [3.63, 3.8) is 0 Å². The van der Waals surface area contributed by atoms with E-state index in [9.17, 15) is 9.59 Å². The first-order valence-electron chi connectivity index (χ1n) is 8.26. The quantitative estimate of drug-likeness (QED) is 0.830. The lowest BCUT2D eigenvalue weighted by Crippen LogP contribution is -2.40. The van der Waals surface area contributed by atoms with Gasteiger partial charge in [0.15, 0.2) is 0 Å². The summed E-state index contributed by atoms with van der Waals surface area (Å²) in [6.07, 6.45) is 3.89. The topological polar surface area (TPSA) is 66.8 Å². The van der Waals surface area contributed by atoms with E-state index in [0.29, 0.717) is 31.9 Å². The van der Waals surface area contributed by atoms with Gasteiger partial charge in [-0.05, 0) is 24.3 Å². The summed E-state index contributed by atoms with van der Waals surface area (Å²) >= 11 is 0. The second-order valence-electron chi connectivity index (χ2n) is 5.80. The van der Waals surface area contributed by atoms with Gasteiger partial charge in [0, 0.05) is 38.6 Å². The number of amides is 3. The molecule has 2 heterocycles. The minimum atomic E-state index is -0.176. The Morgan fingerprint density at radius 3 is 2.68 bits per heavy atom. The van der Waals surface area contributed by atoms with E-state index in [0.717, 1.165) is 5.69 Å². The molecule has 1 aromatic heterocycles. The van der Waals surface area contributed by atoms with Crippen molar-refractivity contribution in [1.82, 2.24) is 14.8 Å². The van der Waals surface area contributed by atoms with Crippen LogP contribution in [-0.4, -0.2) is 54.7 Å². The van der Waals surface area contributed by atoms with Crippen molar-refractivity contribution in [2.24, 2.45) is 0 Å². The number of carbonyl (C=O) groups excluding carboxylic acids is 2. The van der Waals surface area contributed by atoms with Gasteiger partial charge in [-0.15, -0.1) is 0 Å². The van der Waals surface area contributed by atoms with Crippen molar-refractivity contribution < 1.29 is 14.3 Å². The Balaban J connectivity index is 1.52. The number of methoxy groups -OCH3 is 1. The van der Waals surface area contributed by atoms with Crippen LogP contribution in [0.1, 0.15) is 0 Å². The zero-order valence-electron chi connectivity index (χ0n) is 14.2. The minimum Gasteiger partial charge on any atom is -0.495 e. The van der Waals surface area contributed by atoms with Gasteiger partial charge in [-0.25, -0.2) is 4.79 Å². The number of rotatable bonds is 7. The van der Waals surface area contributed by atoms with E-state index in [4.69, 9.17) is 4.74 Å². The van der Waals surface area contributed by atoms with Gasteiger partial charge in [0.2, 0.25) is 5.91 Å². The number of nitrogens with one attached hydrogen (secondary N) is 1. The molecule has 0 aliphatic carbocycles. The molecule has 0 saturated carbocycles. The van der Waals surface area contributed by atoms with E-state index in [2.05, 4.69) is 5.32 Å². The lowest BCUT2D eigenvalue weighted by Gasteiger charge is -2.20. The third-order valence-electron chi connectivity index (χ3n) is 4.16. The molecule has 3 amide bonds. The van der Waals surface area contributed by atoms with Gasteiger partial charge in [0.1, 0.15) is 12.3 Å². The van der Waals surface area contributed by atoms with Crippen LogP contribution in [0.2, 0.25) is 0 Å². The van der Waals surface area contributed by atoms with Crippen molar-refractivity contribution in [2.45, 2.75) is 6.54 Å². The van der Waals surface area contributed by atoms with Gasteiger partial charge < -0.3 is 19.5 Å². The molecule has 132 valence electrons. The number of carbonyl (C=O) groups is 2. The van der Waals surface area contributed by atoms with Gasteiger partial charge in [-0.1, -0.05) is 12.1 Å². The molecular formula is C18H22N4O3. The van der Waals surface area contributed by atoms with E-state index in [1.807, 2.05) is 53.4 Å². The first-order chi connectivity index (χ1) is 12.2. The highest BCUT2D eigenvalue weighted by molar-refractivity contribution is 5.97. The van der Waals surface area contributed by atoms with Crippen molar-refractivity contribution in [3.05, 3.63) is 48.8 Å². The third kappa shape index (κ3) is 3.93. The molecule has 25 heavy (non-hydrogen) atoms. The average Bonchev–Trinajstić information content (AvgIpc) is 3.26. The Morgan fingerprint density at radius 2 is 1.92 bits per heavy atom. The highest BCUT2D eigenvalue weighted by atomic mass is 16.5. The zero-order valence-corrected chi connectivity index (χ0v) is 14.2. The van der Waals surface area contributed by atoms with Gasteiger partial charge in [0.05, 0.1) is 12.8 Å². The average molecular weight is 342 g/mol. The number of aromatic nitrogens is 1. The number of hydrogen-bond donors (Lipinski definition) is 1. The maximum absolute atomic E-state index is 12.6. The molecule has 7 heteroatoms. The largest absolute Gasteiger partial charge is 0.495 e. The molecule has 1 saturated heterocycles. The van der Waals surface area contributed by atoms with Crippen LogP contribution in [0.15, 0.2) is 48.8 Å².